The molecule has 2 N–H and O–H groups in total. The third-order valence-electron chi connectivity index (χ3n) is 5.20. The Morgan fingerprint density at radius 2 is 1.73 bits per heavy atom. The molecule has 0 unspecified atom stereocenters. The van der Waals surface area contributed by atoms with Crippen LogP contribution in [0.1, 0.15) is 34.7 Å². The predicted octanol–water partition coefficient (Wildman–Crippen LogP) is 4.07. The van der Waals surface area contributed by atoms with E-state index in [4.69, 9.17) is 4.74 Å². The maximum atomic E-state index is 13.0. The lowest BCUT2D eigenvalue weighted by atomic mass is 9.98. The lowest BCUT2D eigenvalue weighted by molar-refractivity contribution is -0.141. The molecule has 2 aromatic carbocycles. The summed E-state index contributed by atoms with van der Waals surface area (Å²) in [7, 11) is 0. The Morgan fingerprint density at radius 1 is 1.09 bits per heavy atom. The normalized spacial score (nSPS) is 12.3. The number of ether oxygens (including phenoxy) is 1. The molecular weight excluding hydrogens is 435 g/mol. The first-order chi connectivity index (χ1) is 15.9. The molecule has 1 aromatic heterocycles. The standard InChI is InChI=1S/C24H18F3N3O3/c25-24(26,27)21-19(22(31)30-14-29-21)11-5-6-12-28-23(32)33-13-20-17-9-3-1-7-15(17)16-8-2-4-10-18(16)20/h1-4,7-10,14,20H,6,12-13H2,(H,28,32)(H,29,30,31). The molecule has 4 rings (SSSR count). The van der Waals surface area contributed by atoms with Gasteiger partial charge in [-0.3, -0.25) is 4.79 Å². The molecule has 1 amide bonds. The van der Waals surface area contributed by atoms with Crippen LogP contribution in [0.25, 0.3) is 11.1 Å². The van der Waals surface area contributed by atoms with E-state index in [0.29, 0.717) is 6.33 Å². The number of hydrogen-bond donors (Lipinski definition) is 2. The van der Waals surface area contributed by atoms with Crippen LogP contribution >= 0.6 is 0 Å². The number of amides is 1. The number of nitrogens with one attached hydrogen (secondary N) is 2. The number of benzene rings is 2. The van der Waals surface area contributed by atoms with Gasteiger partial charge in [-0.1, -0.05) is 60.4 Å². The summed E-state index contributed by atoms with van der Waals surface area (Å²) in [5.41, 5.74) is 1.31. The van der Waals surface area contributed by atoms with Gasteiger partial charge in [0.05, 0.1) is 6.33 Å². The summed E-state index contributed by atoms with van der Waals surface area (Å²) in [6.07, 6.45) is -4.75. The predicted molar refractivity (Wildman–Crippen MR) is 114 cm³/mol. The number of H-pyrrole nitrogens is 1. The number of alkyl halides is 3. The van der Waals surface area contributed by atoms with Crippen LogP contribution in [-0.2, 0) is 10.9 Å². The van der Waals surface area contributed by atoms with Gasteiger partial charge >= 0.3 is 12.3 Å². The third kappa shape index (κ3) is 4.75. The van der Waals surface area contributed by atoms with E-state index in [1.807, 2.05) is 48.5 Å². The molecule has 6 nitrogen and oxygen atoms in total. The van der Waals surface area contributed by atoms with E-state index in [-0.39, 0.29) is 25.5 Å². The van der Waals surface area contributed by atoms with Gasteiger partial charge in [-0.2, -0.15) is 13.2 Å². The maximum Gasteiger partial charge on any atom is 0.434 e. The van der Waals surface area contributed by atoms with Crippen molar-refractivity contribution in [2.45, 2.75) is 18.5 Å². The lowest BCUT2D eigenvalue weighted by Gasteiger charge is -2.14. The highest BCUT2D eigenvalue weighted by Crippen LogP contribution is 2.44. The number of nitrogens with zero attached hydrogens (tertiary/aromatic N) is 1. The number of fused-ring (bicyclic) bond motifs is 3. The summed E-state index contributed by atoms with van der Waals surface area (Å²) in [5, 5.41) is 2.51. The van der Waals surface area contributed by atoms with Gasteiger partial charge in [0.25, 0.3) is 5.56 Å². The minimum atomic E-state index is -4.79. The van der Waals surface area contributed by atoms with Gasteiger partial charge < -0.3 is 15.0 Å². The Bertz CT molecular complexity index is 1260. The minimum absolute atomic E-state index is 0.0236. The molecular formula is C24H18F3N3O3. The van der Waals surface area contributed by atoms with Crippen LogP contribution in [0.4, 0.5) is 18.0 Å². The highest BCUT2D eigenvalue weighted by atomic mass is 19.4. The molecule has 0 atom stereocenters. The molecule has 0 fully saturated rings. The second-order valence-electron chi connectivity index (χ2n) is 7.26. The van der Waals surface area contributed by atoms with E-state index in [9.17, 15) is 22.8 Å². The molecule has 1 aliphatic rings. The summed E-state index contributed by atoms with van der Waals surface area (Å²) in [4.78, 5) is 29.0. The van der Waals surface area contributed by atoms with Crippen LogP contribution in [0.5, 0.6) is 0 Å². The molecule has 0 bridgehead atoms. The number of aromatic nitrogens is 2. The molecule has 168 valence electrons. The summed E-state index contributed by atoms with van der Waals surface area (Å²) in [5.74, 6) is 4.56. The Morgan fingerprint density at radius 3 is 2.36 bits per heavy atom. The second-order valence-corrected chi connectivity index (χ2v) is 7.26. The number of carbonyl (C=O) groups is 1. The van der Waals surface area contributed by atoms with E-state index in [1.165, 1.54) is 0 Å². The Labute approximate surface area is 186 Å². The molecule has 1 heterocycles. The molecule has 0 aliphatic heterocycles. The van der Waals surface area contributed by atoms with Gasteiger partial charge in [-0.25, -0.2) is 9.78 Å². The third-order valence-corrected chi connectivity index (χ3v) is 5.20. The number of halogens is 3. The van der Waals surface area contributed by atoms with Crippen molar-refractivity contribution in [1.29, 1.82) is 0 Å². The van der Waals surface area contributed by atoms with Crippen molar-refractivity contribution >= 4 is 6.09 Å². The number of rotatable bonds is 4. The molecule has 0 spiro atoms. The van der Waals surface area contributed by atoms with Crippen LogP contribution in [0, 0.1) is 11.8 Å². The smallest absolute Gasteiger partial charge is 0.434 e. The van der Waals surface area contributed by atoms with Crippen molar-refractivity contribution < 1.29 is 22.7 Å². The maximum absolute atomic E-state index is 13.0. The van der Waals surface area contributed by atoms with E-state index in [2.05, 4.69) is 27.1 Å². The molecule has 0 saturated carbocycles. The monoisotopic (exact) mass is 453 g/mol. The van der Waals surface area contributed by atoms with Gasteiger partial charge in [0.2, 0.25) is 0 Å². The fraction of sp³-hybridized carbons (Fsp3) is 0.208. The zero-order valence-electron chi connectivity index (χ0n) is 17.2. The van der Waals surface area contributed by atoms with Crippen molar-refractivity contribution in [3.63, 3.8) is 0 Å². The highest BCUT2D eigenvalue weighted by Gasteiger charge is 2.36. The van der Waals surface area contributed by atoms with Gasteiger partial charge in [0, 0.05) is 18.9 Å². The first kappa shape index (κ1) is 22.1. The fourth-order valence-electron chi connectivity index (χ4n) is 3.76. The molecule has 3 aromatic rings. The average Bonchev–Trinajstić information content (AvgIpc) is 3.11. The largest absolute Gasteiger partial charge is 0.449 e. The van der Waals surface area contributed by atoms with E-state index in [0.717, 1.165) is 22.3 Å². The Kier molecular flexibility index (Phi) is 6.18. The van der Waals surface area contributed by atoms with Crippen molar-refractivity contribution in [3.05, 3.63) is 87.6 Å². The molecule has 0 saturated heterocycles. The topological polar surface area (TPSA) is 84.1 Å². The molecule has 33 heavy (non-hydrogen) atoms. The number of aromatic amines is 1. The first-order valence-electron chi connectivity index (χ1n) is 10.1. The minimum Gasteiger partial charge on any atom is -0.449 e. The Hall–Kier alpha value is -4.06. The van der Waals surface area contributed by atoms with Crippen molar-refractivity contribution in [3.8, 4) is 23.0 Å². The molecule has 9 heteroatoms. The average molecular weight is 453 g/mol. The van der Waals surface area contributed by atoms with E-state index in [1.54, 1.807) is 0 Å². The first-order valence-corrected chi connectivity index (χ1v) is 10.1. The van der Waals surface area contributed by atoms with E-state index < -0.39 is 29.1 Å². The lowest BCUT2D eigenvalue weighted by Crippen LogP contribution is -2.26. The number of alkyl carbamates (subject to hydrolysis) is 1. The van der Waals surface area contributed by atoms with Gasteiger partial charge in [0.1, 0.15) is 12.2 Å². The van der Waals surface area contributed by atoms with Crippen LogP contribution < -0.4 is 10.9 Å². The summed E-state index contributed by atoms with van der Waals surface area (Å²) < 4.78 is 44.2. The van der Waals surface area contributed by atoms with Crippen LogP contribution in [-0.4, -0.2) is 29.2 Å². The number of hydrogen-bond acceptors (Lipinski definition) is 4. The van der Waals surface area contributed by atoms with Gasteiger partial charge in [-0.05, 0) is 22.3 Å². The van der Waals surface area contributed by atoms with Crippen LogP contribution in [0.2, 0.25) is 0 Å². The highest BCUT2D eigenvalue weighted by molar-refractivity contribution is 5.79. The fourth-order valence-corrected chi connectivity index (χ4v) is 3.76. The zero-order chi connectivity index (χ0) is 23.4. The molecule has 1 aliphatic carbocycles. The quantitative estimate of drug-likeness (QED) is 0.461. The zero-order valence-corrected chi connectivity index (χ0v) is 17.2. The van der Waals surface area contributed by atoms with Gasteiger partial charge in [0.15, 0.2) is 5.69 Å². The SMILES string of the molecule is O=C(NCCC#Cc1c(C(F)(F)F)nc[nH]c1=O)OCC1c2ccccc2-c2ccccc21. The van der Waals surface area contributed by atoms with Gasteiger partial charge in [-0.15, -0.1) is 0 Å². The van der Waals surface area contributed by atoms with Crippen molar-refractivity contribution in [2.24, 2.45) is 0 Å². The summed E-state index contributed by atoms with van der Waals surface area (Å²) >= 11 is 0. The summed E-state index contributed by atoms with van der Waals surface area (Å²) in [6, 6.07) is 15.9. The van der Waals surface area contributed by atoms with Crippen LogP contribution in [0.3, 0.4) is 0 Å². The van der Waals surface area contributed by atoms with E-state index >= 15 is 0 Å². The van der Waals surface area contributed by atoms with Crippen LogP contribution in [0.15, 0.2) is 59.7 Å². The second kappa shape index (κ2) is 9.20. The summed E-state index contributed by atoms with van der Waals surface area (Å²) in [6.45, 7) is 0.189. The molecule has 0 radical (unpaired) electrons. The Balaban J connectivity index is 1.33. The number of carbonyl (C=O) groups excluding carboxylic acids is 1. The van der Waals surface area contributed by atoms with Crippen molar-refractivity contribution in [1.82, 2.24) is 15.3 Å². The van der Waals surface area contributed by atoms with Crippen molar-refractivity contribution in [2.75, 3.05) is 13.2 Å².